The molecule has 0 radical (unpaired) electrons. The molecule has 222 valence electrons. The maximum atomic E-state index is 6.30. The fourth-order valence-electron chi connectivity index (χ4n) is 7.72. The SMILES string of the molecule is CC1(C)c2ccccc2-c2c(-c3ccccc3)nc(-c3cccc(-n4c5ccccc5c5cc6oc7ccccc7c6cc54)c3)nc21. The van der Waals surface area contributed by atoms with E-state index in [0.29, 0.717) is 0 Å². The zero-order valence-corrected chi connectivity index (χ0v) is 26.0. The molecule has 4 nitrogen and oxygen atoms in total. The van der Waals surface area contributed by atoms with Crippen molar-refractivity contribution in [2.24, 2.45) is 0 Å². The Morgan fingerprint density at radius 1 is 0.553 bits per heavy atom. The summed E-state index contributed by atoms with van der Waals surface area (Å²) in [4.78, 5) is 10.7. The highest BCUT2D eigenvalue weighted by atomic mass is 16.3. The van der Waals surface area contributed by atoms with E-state index in [1.54, 1.807) is 0 Å². The van der Waals surface area contributed by atoms with Crippen molar-refractivity contribution in [3.63, 3.8) is 0 Å². The normalized spacial score (nSPS) is 13.5. The number of nitrogens with zero attached hydrogens (tertiary/aromatic N) is 3. The summed E-state index contributed by atoms with van der Waals surface area (Å²) in [6.45, 7) is 4.55. The van der Waals surface area contributed by atoms with E-state index < -0.39 is 0 Å². The third kappa shape index (κ3) is 3.70. The first-order valence-corrected chi connectivity index (χ1v) is 16.1. The van der Waals surface area contributed by atoms with Gasteiger partial charge in [0.05, 0.1) is 22.4 Å². The Morgan fingerprint density at radius 3 is 2.19 bits per heavy atom. The van der Waals surface area contributed by atoms with Gasteiger partial charge in [-0.15, -0.1) is 0 Å². The molecule has 1 aliphatic rings. The van der Waals surface area contributed by atoms with Gasteiger partial charge in [-0.1, -0.05) is 117 Å². The molecule has 0 atom stereocenters. The smallest absolute Gasteiger partial charge is 0.160 e. The molecule has 0 fully saturated rings. The average Bonchev–Trinajstić information content (AvgIpc) is 3.72. The summed E-state index contributed by atoms with van der Waals surface area (Å²) >= 11 is 0. The maximum Gasteiger partial charge on any atom is 0.160 e. The molecule has 10 rings (SSSR count). The van der Waals surface area contributed by atoms with Gasteiger partial charge >= 0.3 is 0 Å². The second-order valence-electron chi connectivity index (χ2n) is 13.0. The van der Waals surface area contributed by atoms with Gasteiger partial charge in [-0.3, -0.25) is 0 Å². The summed E-state index contributed by atoms with van der Waals surface area (Å²) in [5.41, 5.74) is 12.7. The van der Waals surface area contributed by atoms with Gasteiger partial charge in [0.25, 0.3) is 0 Å². The maximum absolute atomic E-state index is 6.30. The van der Waals surface area contributed by atoms with Gasteiger partial charge < -0.3 is 8.98 Å². The predicted octanol–water partition coefficient (Wildman–Crippen LogP) is 11.1. The minimum atomic E-state index is -0.254. The van der Waals surface area contributed by atoms with Gasteiger partial charge in [0.15, 0.2) is 5.82 Å². The second-order valence-corrected chi connectivity index (χ2v) is 13.0. The molecule has 1 aliphatic carbocycles. The molecule has 6 aromatic carbocycles. The van der Waals surface area contributed by atoms with Crippen LogP contribution < -0.4 is 0 Å². The Hall–Kier alpha value is -6.00. The molecule has 0 unspecified atom stereocenters. The van der Waals surface area contributed by atoms with Crippen molar-refractivity contribution in [1.82, 2.24) is 14.5 Å². The standard InChI is InChI=1S/C43H29N3O/c1-43(2)34-20-9-6-19-31(34)39-40(26-13-4-3-5-14-26)44-42(45-41(39)43)27-15-12-16-28(23-27)46-35-21-10-7-17-29(35)32-25-38-33(24-36(32)46)30-18-8-11-22-37(30)47-38/h3-25H,1-2H3. The van der Waals surface area contributed by atoms with E-state index in [0.717, 1.165) is 77.9 Å². The molecule has 0 N–H and O–H groups in total. The third-order valence-corrected chi connectivity index (χ3v) is 9.95. The number of hydrogen-bond acceptors (Lipinski definition) is 3. The summed E-state index contributed by atoms with van der Waals surface area (Å²) < 4.78 is 8.66. The minimum Gasteiger partial charge on any atom is -0.456 e. The Labute approximate surface area is 271 Å². The first-order chi connectivity index (χ1) is 23.1. The fraction of sp³-hybridized carbons (Fsp3) is 0.0698. The van der Waals surface area contributed by atoms with E-state index in [1.165, 1.54) is 16.5 Å². The van der Waals surface area contributed by atoms with Crippen LogP contribution in [0.4, 0.5) is 0 Å². The van der Waals surface area contributed by atoms with Crippen LogP contribution in [0.15, 0.2) is 144 Å². The van der Waals surface area contributed by atoms with Gasteiger partial charge in [0.1, 0.15) is 11.2 Å². The lowest BCUT2D eigenvalue weighted by molar-refractivity contribution is 0.636. The van der Waals surface area contributed by atoms with E-state index >= 15 is 0 Å². The van der Waals surface area contributed by atoms with Gasteiger partial charge in [-0.05, 0) is 47.5 Å². The van der Waals surface area contributed by atoms with Gasteiger partial charge in [-0.25, -0.2) is 9.97 Å². The number of fused-ring (bicyclic) bond motifs is 9. The molecule has 3 aromatic heterocycles. The van der Waals surface area contributed by atoms with Gasteiger partial charge in [0.2, 0.25) is 0 Å². The van der Waals surface area contributed by atoms with E-state index in [2.05, 4.69) is 146 Å². The lowest BCUT2D eigenvalue weighted by Gasteiger charge is -2.21. The number of aromatic nitrogens is 3. The average molecular weight is 604 g/mol. The fourth-order valence-corrected chi connectivity index (χ4v) is 7.72. The van der Waals surface area contributed by atoms with E-state index in [-0.39, 0.29) is 5.41 Å². The number of rotatable bonds is 3. The molecule has 0 bridgehead atoms. The summed E-state index contributed by atoms with van der Waals surface area (Å²) in [6.07, 6.45) is 0. The number of hydrogen-bond donors (Lipinski definition) is 0. The minimum absolute atomic E-state index is 0.254. The molecule has 3 heterocycles. The first kappa shape index (κ1) is 26.2. The van der Waals surface area contributed by atoms with Crippen molar-refractivity contribution < 1.29 is 4.42 Å². The van der Waals surface area contributed by atoms with Crippen LogP contribution >= 0.6 is 0 Å². The third-order valence-electron chi connectivity index (χ3n) is 9.95. The highest BCUT2D eigenvalue weighted by molar-refractivity contribution is 6.17. The molecule has 0 amide bonds. The van der Waals surface area contributed by atoms with Crippen LogP contribution in [0.5, 0.6) is 0 Å². The van der Waals surface area contributed by atoms with E-state index in [1.807, 2.05) is 12.1 Å². The summed E-state index contributed by atoms with van der Waals surface area (Å²) in [6, 6.07) is 49.2. The molecule has 0 spiro atoms. The number of para-hydroxylation sites is 2. The van der Waals surface area contributed by atoms with Crippen molar-refractivity contribution in [2.75, 3.05) is 0 Å². The topological polar surface area (TPSA) is 43.9 Å². The molecule has 9 aromatic rings. The zero-order valence-electron chi connectivity index (χ0n) is 26.0. The molecule has 0 saturated heterocycles. The van der Waals surface area contributed by atoms with Crippen LogP contribution in [-0.2, 0) is 5.41 Å². The second kappa shape index (κ2) is 9.51. The molecule has 4 heteroatoms. The number of furan rings is 1. The lowest BCUT2D eigenvalue weighted by Crippen LogP contribution is -2.17. The quantitative estimate of drug-likeness (QED) is 0.202. The van der Waals surface area contributed by atoms with E-state index in [4.69, 9.17) is 14.4 Å². The van der Waals surface area contributed by atoms with Crippen LogP contribution in [0.2, 0.25) is 0 Å². The monoisotopic (exact) mass is 603 g/mol. The van der Waals surface area contributed by atoms with Crippen LogP contribution in [0.1, 0.15) is 25.1 Å². The van der Waals surface area contributed by atoms with Crippen LogP contribution in [0, 0.1) is 0 Å². The molecular formula is C43H29N3O. The van der Waals surface area contributed by atoms with Crippen molar-refractivity contribution in [1.29, 1.82) is 0 Å². The highest BCUT2D eigenvalue weighted by Crippen LogP contribution is 2.51. The van der Waals surface area contributed by atoms with E-state index in [9.17, 15) is 0 Å². The van der Waals surface area contributed by atoms with Crippen molar-refractivity contribution >= 4 is 43.7 Å². The largest absolute Gasteiger partial charge is 0.456 e. The van der Waals surface area contributed by atoms with Crippen LogP contribution in [-0.4, -0.2) is 14.5 Å². The van der Waals surface area contributed by atoms with Crippen molar-refractivity contribution in [2.45, 2.75) is 19.3 Å². The van der Waals surface area contributed by atoms with Crippen molar-refractivity contribution in [3.8, 4) is 39.5 Å². The summed E-state index contributed by atoms with van der Waals surface area (Å²) in [5.74, 6) is 0.731. The summed E-state index contributed by atoms with van der Waals surface area (Å²) in [7, 11) is 0. The lowest BCUT2D eigenvalue weighted by atomic mass is 9.85. The molecular weight excluding hydrogens is 574 g/mol. The first-order valence-electron chi connectivity index (χ1n) is 16.1. The zero-order chi connectivity index (χ0) is 31.3. The predicted molar refractivity (Wildman–Crippen MR) is 192 cm³/mol. The Balaban J connectivity index is 1.22. The number of benzene rings is 6. The van der Waals surface area contributed by atoms with Crippen molar-refractivity contribution in [3.05, 3.63) is 151 Å². The Bertz CT molecular complexity index is 2710. The Morgan fingerprint density at radius 2 is 1.30 bits per heavy atom. The van der Waals surface area contributed by atoms with Crippen LogP contribution in [0.25, 0.3) is 83.2 Å². The van der Waals surface area contributed by atoms with Gasteiger partial charge in [-0.2, -0.15) is 0 Å². The van der Waals surface area contributed by atoms with Gasteiger partial charge in [0, 0.05) is 49.3 Å². The van der Waals surface area contributed by atoms with Crippen LogP contribution in [0.3, 0.4) is 0 Å². The molecule has 47 heavy (non-hydrogen) atoms. The summed E-state index contributed by atoms with van der Waals surface area (Å²) in [5, 5.41) is 4.59. The Kier molecular flexibility index (Phi) is 5.31. The molecule has 0 aliphatic heterocycles. The molecule has 0 saturated carbocycles. The highest BCUT2D eigenvalue weighted by Gasteiger charge is 2.39.